The van der Waals surface area contributed by atoms with E-state index >= 15 is 0 Å². The highest BCUT2D eigenvalue weighted by atomic mass is 16.5. The highest BCUT2D eigenvalue weighted by Crippen LogP contribution is 2.13. The first kappa shape index (κ1) is 12.5. The Bertz CT molecular complexity index is 356. The molecule has 2 N–H and O–H groups in total. The van der Waals surface area contributed by atoms with Gasteiger partial charge in [0.1, 0.15) is 0 Å². The van der Waals surface area contributed by atoms with E-state index in [4.69, 9.17) is 10.5 Å². The van der Waals surface area contributed by atoms with Gasteiger partial charge in [-0.25, -0.2) is 0 Å². The average molecular weight is 235 g/mol. The lowest BCUT2D eigenvalue weighted by molar-refractivity contribution is -0.0328. The van der Waals surface area contributed by atoms with Crippen molar-refractivity contribution in [1.29, 1.82) is 0 Å². The summed E-state index contributed by atoms with van der Waals surface area (Å²) in [6, 6.07) is 4.00. The number of hydrogen-bond acceptors (Lipinski definition) is 4. The van der Waals surface area contributed by atoms with E-state index in [9.17, 15) is 0 Å². The maximum atomic E-state index is 5.73. The zero-order valence-corrected chi connectivity index (χ0v) is 10.4. The van der Waals surface area contributed by atoms with Crippen molar-refractivity contribution in [2.45, 2.75) is 32.5 Å². The monoisotopic (exact) mass is 235 g/mol. The fourth-order valence-electron chi connectivity index (χ4n) is 2.18. The van der Waals surface area contributed by atoms with E-state index in [2.05, 4.69) is 22.9 Å². The lowest BCUT2D eigenvalue weighted by Gasteiger charge is -2.32. The van der Waals surface area contributed by atoms with Gasteiger partial charge in [0, 0.05) is 32.4 Å². The quantitative estimate of drug-likeness (QED) is 0.850. The number of nitrogens with two attached hydrogens (primary N) is 1. The Labute approximate surface area is 103 Å². The van der Waals surface area contributed by atoms with Crippen molar-refractivity contribution < 1.29 is 4.74 Å². The van der Waals surface area contributed by atoms with Crippen molar-refractivity contribution >= 4 is 0 Å². The summed E-state index contributed by atoms with van der Waals surface area (Å²) >= 11 is 0. The van der Waals surface area contributed by atoms with Crippen LogP contribution < -0.4 is 5.73 Å². The van der Waals surface area contributed by atoms with E-state index in [0.717, 1.165) is 43.9 Å². The molecule has 1 atom stereocenters. The number of aromatic nitrogens is 1. The number of hydrogen-bond donors (Lipinski definition) is 1. The zero-order chi connectivity index (χ0) is 12.1. The van der Waals surface area contributed by atoms with Crippen molar-refractivity contribution in [1.82, 2.24) is 9.88 Å². The summed E-state index contributed by atoms with van der Waals surface area (Å²) in [6.45, 7) is 6.41. The normalized spacial score (nSPS) is 21.6. The van der Waals surface area contributed by atoms with Crippen LogP contribution in [0.1, 0.15) is 24.6 Å². The van der Waals surface area contributed by atoms with Gasteiger partial charge in [-0.05, 0) is 18.1 Å². The molecule has 2 rings (SSSR count). The van der Waals surface area contributed by atoms with Gasteiger partial charge < -0.3 is 10.5 Å². The Kier molecular flexibility index (Phi) is 4.48. The third-order valence-electron chi connectivity index (χ3n) is 3.26. The number of morpholine rings is 1. The molecule has 0 radical (unpaired) electrons. The van der Waals surface area contributed by atoms with Crippen LogP contribution in [0.3, 0.4) is 0 Å². The Balaban J connectivity index is 2.00. The summed E-state index contributed by atoms with van der Waals surface area (Å²) in [5.74, 6) is 0. The standard InChI is InChI=1S/C13H21N3O/c1-2-12-9-16(6-7-17-12)10-13-11(8-14)4-3-5-15-13/h3-5,12H,2,6-10,14H2,1H3. The Hall–Kier alpha value is -0.970. The number of pyridine rings is 1. The third-order valence-corrected chi connectivity index (χ3v) is 3.26. The summed E-state index contributed by atoms with van der Waals surface area (Å²) in [4.78, 5) is 6.83. The summed E-state index contributed by atoms with van der Waals surface area (Å²) in [7, 11) is 0. The summed E-state index contributed by atoms with van der Waals surface area (Å²) < 4.78 is 5.66. The van der Waals surface area contributed by atoms with E-state index in [1.54, 1.807) is 0 Å². The van der Waals surface area contributed by atoms with Crippen molar-refractivity contribution in [3.63, 3.8) is 0 Å². The van der Waals surface area contributed by atoms with Gasteiger partial charge in [0.2, 0.25) is 0 Å². The number of nitrogens with zero attached hydrogens (tertiary/aromatic N) is 2. The van der Waals surface area contributed by atoms with Gasteiger partial charge in [-0.2, -0.15) is 0 Å². The summed E-state index contributed by atoms with van der Waals surface area (Å²) in [6.07, 6.45) is 3.28. The Morgan fingerprint density at radius 2 is 2.47 bits per heavy atom. The second kappa shape index (κ2) is 6.10. The molecular weight excluding hydrogens is 214 g/mol. The van der Waals surface area contributed by atoms with Crippen molar-refractivity contribution in [2.75, 3.05) is 19.7 Å². The molecule has 0 saturated carbocycles. The van der Waals surface area contributed by atoms with Crippen LogP contribution in [0.2, 0.25) is 0 Å². The van der Waals surface area contributed by atoms with Crippen LogP contribution in [0.15, 0.2) is 18.3 Å². The second-order valence-corrected chi connectivity index (χ2v) is 4.45. The number of rotatable bonds is 4. The van der Waals surface area contributed by atoms with Crippen molar-refractivity contribution in [3.05, 3.63) is 29.6 Å². The molecule has 0 aromatic carbocycles. The first-order chi connectivity index (χ1) is 8.33. The predicted octanol–water partition coefficient (Wildman–Crippen LogP) is 1.15. The minimum Gasteiger partial charge on any atom is -0.376 e. The molecule has 1 aliphatic heterocycles. The lowest BCUT2D eigenvalue weighted by atomic mass is 10.1. The molecule has 1 aliphatic rings. The summed E-state index contributed by atoms with van der Waals surface area (Å²) in [5.41, 5.74) is 7.97. The molecule has 1 saturated heterocycles. The number of ether oxygens (including phenoxy) is 1. The van der Waals surface area contributed by atoms with Crippen LogP contribution in [0.5, 0.6) is 0 Å². The zero-order valence-electron chi connectivity index (χ0n) is 10.4. The van der Waals surface area contributed by atoms with E-state index < -0.39 is 0 Å². The topological polar surface area (TPSA) is 51.4 Å². The molecule has 0 bridgehead atoms. The third kappa shape index (κ3) is 3.25. The minimum absolute atomic E-state index is 0.369. The van der Waals surface area contributed by atoms with Gasteiger partial charge in [-0.15, -0.1) is 0 Å². The maximum Gasteiger partial charge on any atom is 0.0700 e. The smallest absolute Gasteiger partial charge is 0.0700 e. The largest absolute Gasteiger partial charge is 0.376 e. The SMILES string of the molecule is CCC1CN(Cc2ncccc2CN)CCO1. The molecular formula is C13H21N3O. The summed E-state index contributed by atoms with van der Waals surface area (Å²) in [5, 5.41) is 0. The van der Waals surface area contributed by atoms with E-state index in [0.29, 0.717) is 12.6 Å². The first-order valence-corrected chi connectivity index (χ1v) is 6.30. The molecule has 0 aliphatic carbocycles. The molecule has 0 spiro atoms. The fourth-order valence-corrected chi connectivity index (χ4v) is 2.18. The van der Waals surface area contributed by atoms with E-state index in [1.165, 1.54) is 0 Å². The van der Waals surface area contributed by atoms with E-state index in [1.807, 2.05) is 12.3 Å². The first-order valence-electron chi connectivity index (χ1n) is 6.30. The molecule has 2 heterocycles. The lowest BCUT2D eigenvalue weighted by Crippen LogP contribution is -2.41. The molecule has 0 amide bonds. The molecule has 4 nitrogen and oxygen atoms in total. The molecule has 1 fully saturated rings. The van der Waals surface area contributed by atoms with Gasteiger partial charge >= 0.3 is 0 Å². The molecule has 1 aromatic heterocycles. The minimum atomic E-state index is 0.369. The van der Waals surface area contributed by atoms with Gasteiger partial charge in [-0.1, -0.05) is 13.0 Å². The molecule has 1 aromatic rings. The Morgan fingerprint density at radius 3 is 3.24 bits per heavy atom. The van der Waals surface area contributed by atoms with Crippen molar-refractivity contribution in [2.24, 2.45) is 5.73 Å². The van der Waals surface area contributed by atoms with Gasteiger partial charge in [-0.3, -0.25) is 9.88 Å². The van der Waals surface area contributed by atoms with E-state index in [-0.39, 0.29) is 0 Å². The van der Waals surface area contributed by atoms with Gasteiger partial charge in [0.15, 0.2) is 0 Å². The van der Waals surface area contributed by atoms with Crippen LogP contribution in [0, 0.1) is 0 Å². The van der Waals surface area contributed by atoms with Crippen LogP contribution in [-0.4, -0.2) is 35.7 Å². The van der Waals surface area contributed by atoms with Crippen LogP contribution in [0.25, 0.3) is 0 Å². The highest BCUT2D eigenvalue weighted by Gasteiger charge is 2.19. The molecule has 1 unspecified atom stereocenters. The van der Waals surface area contributed by atoms with Gasteiger partial charge in [0.25, 0.3) is 0 Å². The second-order valence-electron chi connectivity index (χ2n) is 4.45. The van der Waals surface area contributed by atoms with Gasteiger partial charge in [0.05, 0.1) is 18.4 Å². The molecule has 17 heavy (non-hydrogen) atoms. The fraction of sp³-hybridized carbons (Fsp3) is 0.615. The van der Waals surface area contributed by atoms with Crippen LogP contribution >= 0.6 is 0 Å². The average Bonchev–Trinajstić information content (AvgIpc) is 2.39. The van der Waals surface area contributed by atoms with Crippen molar-refractivity contribution in [3.8, 4) is 0 Å². The van der Waals surface area contributed by atoms with Crippen LogP contribution in [0.4, 0.5) is 0 Å². The molecule has 94 valence electrons. The predicted molar refractivity (Wildman–Crippen MR) is 67.4 cm³/mol. The molecule has 4 heteroatoms. The Morgan fingerprint density at radius 1 is 1.59 bits per heavy atom. The van der Waals surface area contributed by atoms with Crippen LogP contribution in [-0.2, 0) is 17.8 Å². The highest BCUT2D eigenvalue weighted by molar-refractivity contribution is 5.19. The maximum absolute atomic E-state index is 5.73.